The molecule has 0 aromatic heterocycles. The van der Waals surface area contributed by atoms with Crippen LogP contribution in [0.25, 0.3) is 0 Å². The average Bonchev–Trinajstić information content (AvgIpc) is 1.83. The van der Waals surface area contributed by atoms with E-state index < -0.39 is 16.3 Å². The molecule has 2 heteroatoms. The number of rotatable bonds is 4. The summed E-state index contributed by atoms with van der Waals surface area (Å²) >= 11 is 0.145. The van der Waals surface area contributed by atoms with E-state index in [2.05, 4.69) is 20.8 Å². The van der Waals surface area contributed by atoms with Gasteiger partial charge in [0.1, 0.15) is 0 Å². The van der Waals surface area contributed by atoms with Gasteiger partial charge in [-0.25, -0.2) is 0 Å². The first kappa shape index (κ1) is 9.61. The Labute approximate surface area is 66.5 Å². The molecule has 50 valence electrons. The van der Waals surface area contributed by atoms with E-state index in [4.69, 9.17) is 0 Å². The van der Waals surface area contributed by atoms with Crippen LogP contribution >= 0.6 is 0 Å². The van der Waals surface area contributed by atoms with Gasteiger partial charge in [-0.3, -0.25) is 0 Å². The summed E-state index contributed by atoms with van der Waals surface area (Å²) in [6.45, 7) is 7.16. The van der Waals surface area contributed by atoms with Crippen molar-refractivity contribution in [2.24, 2.45) is 0 Å². The van der Waals surface area contributed by atoms with Gasteiger partial charge in [0, 0.05) is 0 Å². The Kier molecular flexibility index (Phi) is 8.08. The molecule has 0 saturated carbocycles. The first-order valence-electron chi connectivity index (χ1n) is 3.23. The summed E-state index contributed by atoms with van der Waals surface area (Å²) in [5.74, 6) is 0. The molecule has 0 aliphatic carbocycles. The zero-order valence-electron chi connectivity index (χ0n) is 5.98. The molecule has 0 saturated heterocycles. The zero-order chi connectivity index (χ0) is 6.41. The molecule has 0 fully saturated rings. The van der Waals surface area contributed by atoms with E-state index in [1.807, 2.05) is 0 Å². The van der Waals surface area contributed by atoms with Crippen molar-refractivity contribution >= 4 is 33.1 Å². The predicted octanol–water partition coefficient (Wildman–Crippen LogP) is 2.16. The van der Waals surface area contributed by atoms with Crippen LogP contribution in [0.1, 0.15) is 20.8 Å². The normalized spacial score (nSPS) is 10.5. The van der Waals surface area contributed by atoms with E-state index in [1.165, 1.54) is 0 Å². The molecule has 0 N–H and O–H groups in total. The number of hydrogen-bond donors (Lipinski definition) is 0. The van der Waals surface area contributed by atoms with Crippen molar-refractivity contribution in [1.29, 1.82) is 0 Å². The molecule has 0 unspecified atom stereocenters. The zero-order valence-corrected chi connectivity index (χ0v) is 10.9. The summed E-state index contributed by atoms with van der Waals surface area (Å²) in [4.78, 5) is 0. The van der Waals surface area contributed by atoms with Crippen LogP contribution in [0.5, 0.6) is 0 Å². The van der Waals surface area contributed by atoms with Crippen molar-refractivity contribution < 1.29 is 0 Å². The summed E-state index contributed by atoms with van der Waals surface area (Å²) in [7, 11) is 0. The van der Waals surface area contributed by atoms with E-state index in [0.29, 0.717) is 16.9 Å². The fourth-order valence-electron chi connectivity index (χ4n) is 0.589. The fourth-order valence-corrected chi connectivity index (χ4v) is 17.9. The monoisotopic (exact) mass is 338 g/mol. The molecule has 0 nitrogen and oxygen atoms in total. The second-order valence-electron chi connectivity index (χ2n) is 1.53. The van der Waals surface area contributed by atoms with Crippen LogP contribution in [0.15, 0.2) is 0 Å². The third-order valence-corrected chi connectivity index (χ3v) is 28.6. The van der Waals surface area contributed by atoms with Gasteiger partial charge in [-0.2, -0.15) is 0 Å². The van der Waals surface area contributed by atoms with Crippen LogP contribution in [0.4, 0.5) is 0 Å². The first-order chi connectivity index (χ1) is 3.85. The Bertz CT molecular complexity index is 43.8. The maximum atomic E-state index is 2.40. The van der Waals surface area contributed by atoms with E-state index in [1.54, 1.807) is 13.2 Å². The van der Waals surface area contributed by atoms with Crippen molar-refractivity contribution in [3.8, 4) is 0 Å². The third-order valence-electron chi connectivity index (χ3n) is 1.02. The SMILES string of the molecule is CC[Te][Sb]([CH2]C)[CH2]C. The molecule has 0 radical (unpaired) electrons. The standard InChI is InChI=1S/C2H6Te.2C2H5.Sb/c1-2-3;2*1-2;/h3H,2H2,1H3;2*1H2,2H3;/q;;;+1/p-1. The third kappa shape index (κ3) is 4.48. The van der Waals surface area contributed by atoms with Crippen molar-refractivity contribution in [2.45, 2.75) is 34.0 Å². The predicted molar refractivity (Wildman–Crippen MR) is 43.0 cm³/mol. The van der Waals surface area contributed by atoms with Crippen LogP contribution in [-0.2, 0) is 0 Å². The van der Waals surface area contributed by atoms with Crippen molar-refractivity contribution in [1.82, 2.24) is 0 Å². The molecular formula is C6H15SbTe. The van der Waals surface area contributed by atoms with Gasteiger partial charge >= 0.3 is 67.1 Å². The second kappa shape index (κ2) is 6.72. The molecule has 8 heavy (non-hydrogen) atoms. The van der Waals surface area contributed by atoms with Gasteiger partial charge in [0.15, 0.2) is 0 Å². The molecule has 0 spiro atoms. The molecule has 0 amide bonds. The molecule has 0 atom stereocenters. The second-order valence-corrected chi connectivity index (χ2v) is 25.1. The summed E-state index contributed by atoms with van der Waals surface area (Å²) in [6, 6.07) is 0. The summed E-state index contributed by atoms with van der Waals surface area (Å²) in [5.41, 5.74) is 0. The van der Waals surface area contributed by atoms with Gasteiger partial charge in [0.25, 0.3) is 0 Å². The Morgan fingerprint density at radius 3 is 1.75 bits per heavy atom. The van der Waals surface area contributed by atoms with Crippen LogP contribution in [0.3, 0.4) is 0 Å². The molecule has 0 aromatic rings. The van der Waals surface area contributed by atoms with Gasteiger partial charge in [-0.05, 0) is 0 Å². The van der Waals surface area contributed by atoms with Crippen molar-refractivity contribution in [3.05, 3.63) is 0 Å². The Morgan fingerprint density at radius 2 is 1.62 bits per heavy atom. The Balaban J connectivity index is 3.07. The fraction of sp³-hybridized carbons (Fsp3) is 1.00. The minimum atomic E-state index is -0.444. The summed E-state index contributed by atoms with van der Waals surface area (Å²) < 4.78 is 4.78. The van der Waals surface area contributed by atoms with Crippen molar-refractivity contribution in [3.63, 3.8) is 0 Å². The van der Waals surface area contributed by atoms with Gasteiger partial charge in [-0.1, -0.05) is 0 Å². The molecule has 0 bridgehead atoms. The van der Waals surface area contributed by atoms with Gasteiger partial charge in [-0.15, -0.1) is 0 Å². The van der Waals surface area contributed by atoms with Gasteiger partial charge in [0.05, 0.1) is 0 Å². The first-order valence-corrected chi connectivity index (χ1v) is 16.5. The van der Waals surface area contributed by atoms with E-state index in [9.17, 15) is 0 Å². The minimum absolute atomic E-state index is 0.444. The van der Waals surface area contributed by atoms with Crippen LogP contribution in [0.2, 0.25) is 13.2 Å². The van der Waals surface area contributed by atoms with Crippen LogP contribution in [-0.4, -0.2) is 33.1 Å². The summed E-state index contributed by atoms with van der Waals surface area (Å²) in [6.07, 6.45) is 0. The molecule has 0 heterocycles. The van der Waals surface area contributed by atoms with E-state index in [-0.39, 0.29) is 0 Å². The number of hydrogen-bond acceptors (Lipinski definition) is 0. The van der Waals surface area contributed by atoms with Crippen molar-refractivity contribution in [2.75, 3.05) is 0 Å². The van der Waals surface area contributed by atoms with E-state index in [0.717, 1.165) is 0 Å². The maximum absolute atomic E-state index is 2.40. The van der Waals surface area contributed by atoms with Crippen LogP contribution in [0, 0.1) is 0 Å². The van der Waals surface area contributed by atoms with Gasteiger partial charge in [0.2, 0.25) is 0 Å². The molecule has 0 aliphatic rings. The topological polar surface area (TPSA) is 0 Å². The molecule has 0 rings (SSSR count). The van der Waals surface area contributed by atoms with Gasteiger partial charge < -0.3 is 0 Å². The summed E-state index contributed by atoms with van der Waals surface area (Å²) in [5, 5.41) is 0. The molecular weight excluding hydrogens is 321 g/mol. The Hall–Kier alpha value is 1.61. The quantitative estimate of drug-likeness (QED) is 0.690. The Morgan fingerprint density at radius 1 is 1.12 bits per heavy atom. The van der Waals surface area contributed by atoms with Crippen LogP contribution < -0.4 is 0 Å². The molecule has 0 aliphatic heterocycles. The molecule has 0 aromatic carbocycles. The average molecular weight is 337 g/mol. The van der Waals surface area contributed by atoms with E-state index >= 15 is 0 Å².